The van der Waals surface area contributed by atoms with Crippen LogP contribution in [-0.2, 0) is 4.74 Å². The molecular formula is C8H16O2. The van der Waals surface area contributed by atoms with Gasteiger partial charge in [-0.3, -0.25) is 0 Å². The van der Waals surface area contributed by atoms with Crippen molar-refractivity contribution in [2.75, 3.05) is 7.11 Å². The van der Waals surface area contributed by atoms with Crippen LogP contribution >= 0.6 is 0 Å². The minimum Gasteiger partial charge on any atom is -0.390 e. The largest absolute Gasteiger partial charge is 0.390 e. The monoisotopic (exact) mass is 144 g/mol. The van der Waals surface area contributed by atoms with Crippen molar-refractivity contribution >= 4 is 0 Å². The van der Waals surface area contributed by atoms with Crippen LogP contribution in [0.4, 0.5) is 0 Å². The summed E-state index contributed by atoms with van der Waals surface area (Å²) in [5.41, 5.74) is 0. The van der Waals surface area contributed by atoms with Gasteiger partial charge in [-0.05, 0) is 12.8 Å². The summed E-state index contributed by atoms with van der Waals surface area (Å²) in [4.78, 5) is 0. The van der Waals surface area contributed by atoms with Gasteiger partial charge in [-0.25, -0.2) is 0 Å². The van der Waals surface area contributed by atoms with E-state index in [1.54, 1.807) is 13.2 Å². The van der Waals surface area contributed by atoms with E-state index in [9.17, 15) is 5.11 Å². The predicted octanol–water partition coefficient (Wildman–Crippen LogP) is 1.35. The third kappa shape index (κ3) is 2.99. The van der Waals surface area contributed by atoms with Gasteiger partial charge in [-0.2, -0.15) is 0 Å². The Kier molecular flexibility index (Phi) is 5.26. The highest BCUT2D eigenvalue weighted by Crippen LogP contribution is 2.06. The first-order chi connectivity index (χ1) is 4.76. The average molecular weight is 144 g/mol. The highest BCUT2D eigenvalue weighted by Gasteiger charge is 2.13. The maximum absolute atomic E-state index is 9.31. The fourth-order valence-electron chi connectivity index (χ4n) is 0.918. The molecule has 1 N–H and O–H groups in total. The van der Waals surface area contributed by atoms with Crippen LogP contribution in [0, 0.1) is 0 Å². The summed E-state index contributed by atoms with van der Waals surface area (Å²) >= 11 is 0. The number of rotatable bonds is 5. The second-order valence-electron chi connectivity index (χ2n) is 2.27. The van der Waals surface area contributed by atoms with Crippen LogP contribution in [0.1, 0.15) is 19.8 Å². The SMILES string of the molecule is C=CCC(O)C(CC)OC. The van der Waals surface area contributed by atoms with Crippen LogP contribution in [0.15, 0.2) is 12.7 Å². The van der Waals surface area contributed by atoms with E-state index in [4.69, 9.17) is 4.74 Å². The number of hydrogen-bond acceptors (Lipinski definition) is 2. The summed E-state index contributed by atoms with van der Waals surface area (Å²) in [6.07, 6.45) is 2.70. The molecule has 0 saturated heterocycles. The minimum atomic E-state index is -0.396. The van der Waals surface area contributed by atoms with Crippen LogP contribution in [0.5, 0.6) is 0 Å². The first kappa shape index (κ1) is 9.66. The van der Waals surface area contributed by atoms with Gasteiger partial charge < -0.3 is 9.84 Å². The first-order valence-corrected chi connectivity index (χ1v) is 3.58. The fraction of sp³-hybridized carbons (Fsp3) is 0.750. The molecule has 0 saturated carbocycles. The molecular weight excluding hydrogens is 128 g/mol. The summed E-state index contributed by atoms with van der Waals surface area (Å²) in [5, 5.41) is 9.31. The molecule has 0 amide bonds. The summed E-state index contributed by atoms with van der Waals surface area (Å²) in [6, 6.07) is 0. The van der Waals surface area contributed by atoms with Crippen molar-refractivity contribution in [1.82, 2.24) is 0 Å². The van der Waals surface area contributed by atoms with Gasteiger partial charge in [0.25, 0.3) is 0 Å². The van der Waals surface area contributed by atoms with Gasteiger partial charge in [0.1, 0.15) is 0 Å². The standard InChI is InChI=1S/C8H16O2/c1-4-6-7(9)8(5-2)10-3/h4,7-9H,1,5-6H2,2-3H3. The second-order valence-corrected chi connectivity index (χ2v) is 2.27. The zero-order valence-corrected chi connectivity index (χ0v) is 6.71. The molecule has 0 spiro atoms. The summed E-state index contributed by atoms with van der Waals surface area (Å²) in [5.74, 6) is 0. The molecule has 60 valence electrons. The molecule has 0 rings (SSSR count). The molecule has 2 nitrogen and oxygen atoms in total. The first-order valence-electron chi connectivity index (χ1n) is 3.58. The number of hydrogen-bond donors (Lipinski definition) is 1. The van der Waals surface area contributed by atoms with Crippen molar-refractivity contribution in [2.24, 2.45) is 0 Å². The van der Waals surface area contributed by atoms with E-state index >= 15 is 0 Å². The molecule has 0 heterocycles. The zero-order chi connectivity index (χ0) is 7.98. The quantitative estimate of drug-likeness (QED) is 0.590. The van der Waals surface area contributed by atoms with Crippen LogP contribution in [-0.4, -0.2) is 24.4 Å². The third-order valence-electron chi connectivity index (χ3n) is 1.54. The maximum Gasteiger partial charge on any atom is 0.0835 e. The smallest absolute Gasteiger partial charge is 0.0835 e. The Morgan fingerprint density at radius 3 is 2.60 bits per heavy atom. The highest BCUT2D eigenvalue weighted by atomic mass is 16.5. The zero-order valence-electron chi connectivity index (χ0n) is 6.71. The van der Waals surface area contributed by atoms with Crippen molar-refractivity contribution in [3.8, 4) is 0 Å². The highest BCUT2D eigenvalue weighted by molar-refractivity contribution is 4.77. The van der Waals surface area contributed by atoms with Gasteiger partial charge in [0.2, 0.25) is 0 Å². The van der Waals surface area contributed by atoms with Crippen LogP contribution < -0.4 is 0 Å². The topological polar surface area (TPSA) is 29.5 Å². The van der Waals surface area contributed by atoms with Gasteiger partial charge in [0.05, 0.1) is 12.2 Å². The van der Waals surface area contributed by atoms with Crippen LogP contribution in [0.3, 0.4) is 0 Å². The van der Waals surface area contributed by atoms with Gasteiger partial charge in [0, 0.05) is 7.11 Å². The van der Waals surface area contributed by atoms with Gasteiger partial charge in [0.15, 0.2) is 0 Å². The molecule has 2 unspecified atom stereocenters. The predicted molar refractivity (Wildman–Crippen MR) is 41.9 cm³/mol. The summed E-state index contributed by atoms with van der Waals surface area (Å²) in [7, 11) is 1.61. The van der Waals surface area contributed by atoms with E-state index in [0.29, 0.717) is 6.42 Å². The van der Waals surface area contributed by atoms with Crippen LogP contribution in [0.2, 0.25) is 0 Å². The Labute approximate surface area is 62.5 Å². The lowest BCUT2D eigenvalue weighted by atomic mass is 10.1. The molecule has 0 aromatic heterocycles. The molecule has 0 aliphatic rings. The molecule has 10 heavy (non-hydrogen) atoms. The van der Waals surface area contributed by atoms with Crippen molar-refractivity contribution < 1.29 is 9.84 Å². The normalized spacial score (nSPS) is 16.3. The van der Waals surface area contributed by atoms with Crippen LogP contribution in [0.25, 0.3) is 0 Å². The Morgan fingerprint density at radius 2 is 2.30 bits per heavy atom. The van der Waals surface area contributed by atoms with E-state index < -0.39 is 6.10 Å². The number of aliphatic hydroxyl groups excluding tert-OH is 1. The molecule has 0 aromatic rings. The van der Waals surface area contributed by atoms with Crippen molar-refractivity contribution in [3.05, 3.63) is 12.7 Å². The fourth-order valence-corrected chi connectivity index (χ4v) is 0.918. The molecule has 0 bridgehead atoms. The van der Waals surface area contributed by atoms with Gasteiger partial charge in [-0.1, -0.05) is 13.0 Å². The van der Waals surface area contributed by atoms with E-state index in [1.165, 1.54) is 0 Å². The molecule has 0 radical (unpaired) electrons. The lowest BCUT2D eigenvalue weighted by molar-refractivity contribution is -0.0115. The van der Waals surface area contributed by atoms with E-state index in [1.807, 2.05) is 6.92 Å². The lowest BCUT2D eigenvalue weighted by Crippen LogP contribution is -2.26. The second kappa shape index (κ2) is 5.45. The van der Waals surface area contributed by atoms with E-state index in [2.05, 4.69) is 6.58 Å². The van der Waals surface area contributed by atoms with E-state index in [-0.39, 0.29) is 6.10 Å². The molecule has 0 aliphatic heterocycles. The Morgan fingerprint density at radius 1 is 1.70 bits per heavy atom. The van der Waals surface area contributed by atoms with Crippen molar-refractivity contribution in [2.45, 2.75) is 32.0 Å². The van der Waals surface area contributed by atoms with Gasteiger partial charge >= 0.3 is 0 Å². The van der Waals surface area contributed by atoms with E-state index in [0.717, 1.165) is 6.42 Å². The van der Waals surface area contributed by atoms with Crippen molar-refractivity contribution in [3.63, 3.8) is 0 Å². The van der Waals surface area contributed by atoms with Gasteiger partial charge in [-0.15, -0.1) is 6.58 Å². The Hall–Kier alpha value is -0.340. The Balaban J connectivity index is 3.63. The maximum atomic E-state index is 9.31. The Bertz CT molecular complexity index is 87.3. The molecule has 2 heteroatoms. The minimum absolute atomic E-state index is 0.0435. The molecule has 0 aromatic carbocycles. The third-order valence-corrected chi connectivity index (χ3v) is 1.54. The summed E-state index contributed by atoms with van der Waals surface area (Å²) in [6.45, 7) is 5.52. The molecule has 0 aliphatic carbocycles. The number of ether oxygens (including phenoxy) is 1. The summed E-state index contributed by atoms with van der Waals surface area (Å²) < 4.78 is 5.02. The number of methoxy groups -OCH3 is 1. The lowest BCUT2D eigenvalue weighted by Gasteiger charge is -2.18. The van der Waals surface area contributed by atoms with Crippen molar-refractivity contribution in [1.29, 1.82) is 0 Å². The molecule has 0 fully saturated rings. The average Bonchev–Trinajstić information content (AvgIpc) is 1.91. The number of aliphatic hydroxyl groups is 1. The molecule has 2 atom stereocenters.